The number of hydrogen-bond acceptors (Lipinski definition) is 4. The summed E-state index contributed by atoms with van der Waals surface area (Å²) < 4.78 is 20.2. The summed E-state index contributed by atoms with van der Waals surface area (Å²) in [6.07, 6.45) is 3.13. The van der Waals surface area contributed by atoms with Gasteiger partial charge in [0.05, 0.1) is 18.3 Å². The van der Waals surface area contributed by atoms with Crippen molar-refractivity contribution < 1.29 is 9.13 Å². The Balaban J connectivity index is 1.64. The van der Waals surface area contributed by atoms with Crippen LogP contribution in [-0.2, 0) is 11.8 Å². The third kappa shape index (κ3) is 4.87. The highest BCUT2D eigenvalue weighted by molar-refractivity contribution is 5.27. The van der Waals surface area contributed by atoms with Gasteiger partial charge in [0.25, 0.3) is 0 Å². The quantitative estimate of drug-likeness (QED) is 0.796. The highest BCUT2D eigenvalue weighted by Crippen LogP contribution is 2.23. The van der Waals surface area contributed by atoms with E-state index in [0.29, 0.717) is 5.92 Å². The summed E-state index contributed by atoms with van der Waals surface area (Å²) >= 11 is 0. The van der Waals surface area contributed by atoms with Crippen molar-refractivity contribution >= 4 is 0 Å². The number of methoxy groups -OCH3 is 1. The zero-order chi connectivity index (χ0) is 17.6. The van der Waals surface area contributed by atoms with Gasteiger partial charge >= 0.3 is 0 Å². The summed E-state index contributed by atoms with van der Waals surface area (Å²) in [5, 5.41) is 8.19. The van der Waals surface area contributed by atoms with E-state index in [2.05, 4.69) is 15.3 Å². The number of ether oxygens (including phenoxy) is 1. The molecule has 3 rings (SSSR count). The molecule has 0 amide bonds. The molecular formula is C19H27FN4O. The van der Waals surface area contributed by atoms with Crippen molar-refractivity contribution in [2.75, 3.05) is 39.9 Å². The van der Waals surface area contributed by atoms with Gasteiger partial charge < -0.3 is 15.0 Å². The molecule has 1 saturated heterocycles. The third-order valence-electron chi connectivity index (χ3n) is 4.83. The molecule has 6 heteroatoms. The molecule has 1 aliphatic rings. The number of nitrogens with zero attached hydrogens (tertiary/aromatic N) is 3. The molecular weight excluding hydrogens is 319 g/mol. The van der Waals surface area contributed by atoms with Crippen LogP contribution in [0.3, 0.4) is 0 Å². The van der Waals surface area contributed by atoms with Gasteiger partial charge in [-0.3, -0.25) is 4.68 Å². The maximum absolute atomic E-state index is 13.3. The Kier molecular flexibility index (Phi) is 6.18. The summed E-state index contributed by atoms with van der Waals surface area (Å²) in [5.41, 5.74) is 2.00. The van der Waals surface area contributed by atoms with Crippen molar-refractivity contribution in [3.63, 3.8) is 0 Å². The fourth-order valence-electron chi connectivity index (χ4n) is 3.42. The molecule has 25 heavy (non-hydrogen) atoms. The first-order valence-electron chi connectivity index (χ1n) is 8.85. The molecule has 0 radical (unpaired) electrons. The molecule has 1 aromatic carbocycles. The molecule has 5 nitrogen and oxygen atoms in total. The number of hydrogen-bond donors (Lipinski definition) is 1. The molecule has 2 atom stereocenters. The monoisotopic (exact) mass is 346 g/mol. The lowest BCUT2D eigenvalue weighted by Gasteiger charge is -2.21. The van der Waals surface area contributed by atoms with E-state index < -0.39 is 0 Å². The van der Waals surface area contributed by atoms with Crippen LogP contribution in [-0.4, -0.2) is 54.6 Å². The molecule has 0 aliphatic carbocycles. The minimum absolute atomic E-state index is 0.0187. The number of halogens is 1. The van der Waals surface area contributed by atoms with E-state index in [4.69, 9.17) is 4.74 Å². The Labute approximate surface area is 148 Å². The lowest BCUT2D eigenvalue weighted by Crippen LogP contribution is -2.31. The fraction of sp³-hybridized carbons (Fsp3) is 0.526. The van der Waals surface area contributed by atoms with Crippen LogP contribution in [0.2, 0.25) is 0 Å². The van der Waals surface area contributed by atoms with E-state index in [1.807, 2.05) is 31.4 Å². The van der Waals surface area contributed by atoms with Crippen LogP contribution in [0, 0.1) is 11.7 Å². The smallest absolute Gasteiger partial charge is 0.123 e. The van der Waals surface area contributed by atoms with Crippen LogP contribution in [0.1, 0.15) is 23.7 Å². The Bertz CT molecular complexity index is 658. The maximum Gasteiger partial charge on any atom is 0.123 e. The Morgan fingerprint density at radius 3 is 2.80 bits per heavy atom. The minimum Gasteiger partial charge on any atom is -0.383 e. The topological polar surface area (TPSA) is 42.3 Å². The molecule has 0 spiro atoms. The van der Waals surface area contributed by atoms with Crippen LogP contribution >= 0.6 is 0 Å². The number of aryl methyl sites for hydroxylation is 1. The van der Waals surface area contributed by atoms with Crippen molar-refractivity contribution in [1.29, 1.82) is 0 Å². The summed E-state index contributed by atoms with van der Waals surface area (Å²) in [6.45, 7) is 4.91. The molecule has 1 fully saturated rings. The molecule has 2 heterocycles. The third-order valence-corrected chi connectivity index (χ3v) is 4.83. The average molecular weight is 346 g/mol. The second-order valence-corrected chi connectivity index (χ2v) is 6.76. The minimum atomic E-state index is -0.215. The first-order valence-corrected chi connectivity index (χ1v) is 8.85. The molecule has 2 aromatic rings. The van der Waals surface area contributed by atoms with Gasteiger partial charge in [-0.25, -0.2) is 4.39 Å². The Morgan fingerprint density at radius 1 is 1.32 bits per heavy atom. The summed E-state index contributed by atoms with van der Waals surface area (Å²) in [6, 6.07) is 8.68. The zero-order valence-corrected chi connectivity index (χ0v) is 15.0. The first kappa shape index (κ1) is 18.0. The number of rotatable bonds is 8. The van der Waals surface area contributed by atoms with E-state index >= 15 is 0 Å². The number of nitrogens with one attached hydrogen (secondary N) is 1. The van der Waals surface area contributed by atoms with Gasteiger partial charge in [0.2, 0.25) is 0 Å². The normalized spacial score (nSPS) is 19.4. The van der Waals surface area contributed by atoms with Gasteiger partial charge in [-0.1, -0.05) is 12.1 Å². The fourth-order valence-corrected chi connectivity index (χ4v) is 3.42. The van der Waals surface area contributed by atoms with E-state index in [1.54, 1.807) is 11.8 Å². The average Bonchev–Trinajstić information content (AvgIpc) is 3.24. The van der Waals surface area contributed by atoms with Gasteiger partial charge in [-0.15, -0.1) is 0 Å². The highest BCUT2D eigenvalue weighted by Gasteiger charge is 2.24. The number of aromatic nitrogens is 2. The van der Waals surface area contributed by atoms with Crippen LogP contribution < -0.4 is 5.32 Å². The summed E-state index contributed by atoms with van der Waals surface area (Å²) in [7, 11) is 3.66. The van der Waals surface area contributed by atoms with Crippen LogP contribution in [0.5, 0.6) is 0 Å². The molecule has 1 aromatic heterocycles. The summed E-state index contributed by atoms with van der Waals surface area (Å²) in [5.74, 6) is 0.400. The van der Waals surface area contributed by atoms with Gasteiger partial charge in [0.1, 0.15) is 5.82 Å². The molecule has 1 aliphatic heterocycles. The number of benzene rings is 1. The molecule has 136 valence electrons. The number of likely N-dealkylation sites (tertiary alicyclic amines) is 1. The Morgan fingerprint density at radius 2 is 2.12 bits per heavy atom. The molecule has 0 unspecified atom stereocenters. The zero-order valence-electron chi connectivity index (χ0n) is 15.0. The molecule has 0 saturated carbocycles. The largest absolute Gasteiger partial charge is 0.383 e. The van der Waals surface area contributed by atoms with Crippen LogP contribution in [0.25, 0.3) is 0 Å². The van der Waals surface area contributed by atoms with E-state index in [1.165, 1.54) is 18.6 Å². The van der Waals surface area contributed by atoms with E-state index in [0.717, 1.165) is 44.0 Å². The highest BCUT2D eigenvalue weighted by atomic mass is 19.1. The predicted molar refractivity (Wildman–Crippen MR) is 95.9 cm³/mol. The van der Waals surface area contributed by atoms with E-state index in [-0.39, 0.29) is 11.9 Å². The SMILES string of the molecule is COCCN1CC[C@@H](CN[C@@H](c2ccc(F)cc2)c2ccn(C)n2)C1. The van der Waals surface area contributed by atoms with E-state index in [9.17, 15) is 4.39 Å². The second kappa shape index (κ2) is 8.56. The molecule has 0 bridgehead atoms. The molecule has 1 N–H and O–H groups in total. The van der Waals surface area contributed by atoms with Crippen molar-refractivity contribution in [2.45, 2.75) is 12.5 Å². The predicted octanol–water partition coefficient (Wildman–Crippen LogP) is 2.21. The van der Waals surface area contributed by atoms with Crippen LogP contribution in [0.4, 0.5) is 4.39 Å². The maximum atomic E-state index is 13.3. The Hall–Kier alpha value is -1.76. The van der Waals surface area contributed by atoms with Crippen molar-refractivity contribution in [3.05, 3.63) is 53.6 Å². The lowest BCUT2D eigenvalue weighted by atomic mass is 10.0. The first-order chi connectivity index (χ1) is 12.2. The van der Waals surface area contributed by atoms with Crippen LogP contribution in [0.15, 0.2) is 36.5 Å². The standard InChI is InChI=1S/C19H27FN4O/c1-23-9-8-18(22-23)19(16-3-5-17(20)6-4-16)21-13-15-7-10-24(14-15)11-12-25-2/h3-6,8-9,15,19,21H,7,10-14H2,1-2H3/t15-,19-/m0/s1. The summed E-state index contributed by atoms with van der Waals surface area (Å²) in [4.78, 5) is 2.45. The van der Waals surface area contributed by atoms with Gasteiger partial charge in [-0.2, -0.15) is 5.10 Å². The lowest BCUT2D eigenvalue weighted by molar-refractivity contribution is 0.159. The van der Waals surface area contributed by atoms with Gasteiger partial charge in [0.15, 0.2) is 0 Å². The van der Waals surface area contributed by atoms with Gasteiger partial charge in [-0.05, 0) is 42.6 Å². The van der Waals surface area contributed by atoms with Crippen molar-refractivity contribution in [3.8, 4) is 0 Å². The second-order valence-electron chi connectivity index (χ2n) is 6.76. The van der Waals surface area contributed by atoms with Gasteiger partial charge in [0, 0.05) is 40.0 Å². The van der Waals surface area contributed by atoms with Crippen molar-refractivity contribution in [1.82, 2.24) is 20.0 Å². The van der Waals surface area contributed by atoms with Crippen molar-refractivity contribution in [2.24, 2.45) is 13.0 Å².